The third-order valence-electron chi connectivity index (χ3n) is 2.70. The van der Waals surface area contributed by atoms with Crippen molar-refractivity contribution in [3.05, 3.63) is 62.3 Å². The Morgan fingerprint density at radius 2 is 1.95 bits per heavy atom. The zero-order valence-corrected chi connectivity index (χ0v) is 13.3. The van der Waals surface area contributed by atoms with Crippen molar-refractivity contribution in [3.8, 4) is 0 Å². The largest absolute Gasteiger partial charge is 0.478 e. The summed E-state index contributed by atoms with van der Waals surface area (Å²) in [5, 5.41) is 11.9. The average Bonchev–Trinajstić information content (AvgIpc) is 2.38. The molecule has 2 N–H and O–H groups in total. The third kappa shape index (κ3) is 3.58. The Morgan fingerprint density at radius 3 is 2.55 bits per heavy atom. The number of carbonyl (C=O) groups is 1. The second-order valence-corrected chi connectivity index (χ2v) is 5.86. The van der Waals surface area contributed by atoms with Crippen LogP contribution in [0.25, 0.3) is 0 Å². The van der Waals surface area contributed by atoms with Gasteiger partial charge in [0.25, 0.3) is 0 Å². The van der Waals surface area contributed by atoms with E-state index in [1.54, 1.807) is 18.2 Å². The van der Waals surface area contributed by atoms with Crippen molar-refractivity contribution in [1.29, 1.82) is 0 Å². The van der Waals surface area contributed by atoms with E-state index in [2.05, 4.69) is 37.2 Å². The van der Waals surface area contributed by atoms with Crippen LogP contribution < -0.4 is 5.32 Å². The predicted octanol–water partition coefficient (Wildman–Crippen LogP) is 4.66. The normalized spacial score (nSPS) is 10.3. The summed E-state index contributed by atoms with van der Waals surface area (Å²) in [4.78, 5) is 10.8. The van der Waals surface area contributed by atoms with Gasteiger partial charge in [-0.05, 0) is 35.9 Å². The minimum atomic E-state index is -0.982. The van der Waals surface area contributed by atoms with Crippen LogP contribution in [0.15, 0.2) is 45.3 Å². The van der Waals surface area contributed by atoms with E-state index in [4.69, 9.17) is 5.11 Å². The Kier molecular flexibility index (Phi) is 4.77. The average molecular weight is 403 g/mol. The summed E-state index contributed by atoms with van der Waals surface area (Å²) < 4.78 is 15.0. The summed E-state index contributed by atoms with van der Waals surface area (Å²) in [6, 6.07) is 9.49. The van der Waals surface area contributed by atoms with Crippen molar-refractivity contribution in [2.45, 2.75) is 6.54 Å². The number of carboxylic acid groups (broad SMARTS) is 1. The van der Waals surface area contributed by atoms with Crippen molar-refractivity contribution >= 4 is 43.5 Å². The number of carboxylic acids is 1. The van der Waals surface area contributed by atoms with Gasteiger partial charge in [-0.3, -0.25) is 0 Å². The minimum Gasteiger partial charge on any atom is -0.478 e. The first-order valence-electron chi connectivity index (χ1n) is 5.68. The van der Waals surface area contributed by atoms with E-state index in [-0.39, 0.29) is 11.4 Å². The fraction of sp³-hybridized carbons (Fsp3) is 0.0714. The van der Waals surface area contributed by atoms with Crippen molar-refractivity contribution in [2.75, 3.05) is 5.32 Å². The van der Waals surface area contributed by atoms with Gasteiger partial charge in [0.05, 0.1) is 11.3 Å². The molecule has 0 radical (unpaired) electrons. The van der Waals surface area contributed by atoms with Gasteiger partial charge in [-0.25, -0.2) is 9.18 Å². The van der Waals surface area contributed by atoms with Gasteiger partial charge in [0.2, 0.25) is 0 Å². The van der Waals surface area contributed by atoms with Crippen LogP contribution in [0.1, 0.15) is 15.9 Å². The Balaban J connectivity index is 2.13. The number of benzene rings is 2. The standard InChI is InChI=1S/C14H10Br2FNO2/c15-10-3-4-13(12(17)6-10)18-7-9-2-1-8(14(19)20)5-11(9)16/h1-6,18H,7H2,(H,19,20). The van der Waals surface area contributed by atoms with Crippen LogP contribution in [0, 0.1) is 5.82 Å². The van der Waals surface area contributed by atoms with Crippen molar-refractivity contribution < 1.29 is 14.3 Å². The molecule has 20 heavy (non-hydrogen) atoms. The SMILES string of the molecule is O=C(O)c1ccc(CNc2ccc(Br)cc2F)c(Br)c1. The molecule has 0 unspecified atom stereocenters. The Morgan fingerprint density at radius 1 is 1.20 bits per heavy atom. The number of nitrogens with one attached hydrogen (secondary N) is 1. The number of aromatic carboxylic acids is 1. The van der Waals surface area contributed by atoms with Crippen LogP contribution in [-0.4, -0.2) is 11.1 Å². The van der Waals surface area contributed by atoms with Gasteiger partial charge in [-0.15, -0.1) is 0 Å². The molecule has 0 amide bonds. The predicted molar refractivity (Wildman–Crippen MR) is 82.5 cm³/mol. The number of rotatable bonds is 4. The number of hydrogen-bond acceptors (Lipinski definition) is 2. The number of anilines is 1. The van der Waals surface area contributed by atoms with Crippen LogP contribution in [-0.2, 0) is 6.54 Å². The molecule has 0 aliphatic heterocycles. The quantitative estimate of drug-likeness (QED) is 0.781. The molecule has 2 aromatic carbocycles. The summed E-state index contributed by atoms with van der Waals surface area (Å²) in [7, 11) is 0. The molecule has 0 aromatic heterocycles. The smallest absolute Gasteiger partial charge is 0.335 e. The molecule has 0 bridgehead atoms. The molecule has 104 valence electrons. The van der Waals surface area contributed by atoms with Gasteiger partial charge in [0, 0.05) is 15.5 Å². The Labute approximate surface area is 132 Å². The molecule has 3 nitrogen and oxygen atoms in total. The van der Waals surface area contributed by atoms with E-state index in [0.29, 0.717) is 21.2 Å². The van der Waals surface area contributed by atoms with Crippen LogP contribution in [0.5, 0.6) is 0 Å². The van der Waals surface area contributed by atoms with E-state index in [0.717, 1.165) is 5.56 Å². The second-order valence-electron chi connectivity index (χ2n) is 4.09. The lowest BCUT2D eigenvalue weighted by Gasteiger charge is -2.10. The van der Waals surface area contributed by atoms with Gasteiger partial charge in [0.1, 0.15) is 5.82 Å². The molecular weight excluding hydrogens is 393 g/mol. The van der Waals surface area contributed by atoms with Gasteiger partial charge >= 0.3 is 5.97 Å². The topological polar surface area (TPSA) is 49.3 Å². The van der Waals surface area contributed by atoms with Crippen LogP contribution in [0.4, 0.5) is 10.1 Å². The molecule has 2 aromatic rings. The highest BCUT2D eigenvalue weighted by Gasteiger charge is 2.08. The highest BCUT2D eigenvalue weighted by atomic mass is 79.9. The van der Waals surface area contributed by atoms with E-state index in [1.807, 2.05) is 0 Å². The molecule has 0 saturated carbocycles. The molecule has 0 fully saturated rings. The summed E-state index contributed by atoms with van der Waals surface area (Å²) >= 11 is 6.51. The first-order chi connectivity index (χ1) is 9.47. The maximum absolute atomic E-state index is 13.6. The van der Waals surface area contributed by atoms with Crippen molar-refractivity contribution in [1.82, 2.24) is 0 Å². The maximum atomic E-state index is 13.6. The second kappa shape index (κ2) is 6.37. The monoisotopic (exact) mass is 401 g/mol. The summed E-state index contributed by atoms with van der Waals surface area (Å²) in [5.74, 6) is -1.33. The van der Waals surface area contributed by atoms with Crippen molar-refractivity contribution in [2.24, 2.45) is 0 Å². The molecule has 6 heteroatoms. The summed E-state index contributed by atoms with van der Waals surface area (Å²) in [5.41, 5.74) is 1.44. The lowest BCUT2D eigenvalue weighted by atomic mass is 10.1. The van der Waals surface area contributed by atoms with E-state index < -0.39 is 5.97 Å². The van der Waals surface area contributed by atoms with E-state index >= 15 is 0 Å². The highest BCUT2D eigenvalue weighted by Crippen LogP contribution is 2.23. The molecule has 2 rings (SSSR count). The molecule has 0 heterocycles. The first kappa shape index (κ1) is 15.0. The number of hydrogen-bond donors (Lipinski definition) is 2. The van der Waals surface area contributed by atoms with E-state index in [1.165, 1.54) is 18.2 Å². The molecule has 0 aliphatic carbocycles. The molecule has 0 atom stereocenters. The zero-order chi connectivity index (χ0) is 14.7. The summed E-state index contributed by atoms with van der Waals surface area (Å²) in [6.45, 7) is 0.388. The van der Waals surface area contributed by atoms with Crippen LogP contribution >= 0.6 is 31.9 Å². The zero-order valence-electron chi connectivity index (χ0n) is 10.2. The van der Waals surface area contributed by atoms with Gasteiger partial charge in [-0.1, -0.05) is 37.9 Å². The van der Waals surface area contributed by atoms with Gasteiger partial charge < -0.3 is 10.4 Å². The Bertz CT molecular complexity index is 662. The molecule has 0 aliphatic rings. The Hall–Kier alpha value is -1.40. The fourth-order valence-electron chi connectivity index (χ4n) is 1.65. The van der Waals surface area contributed by atoms with Crippen LogP contribution in [0.2, 0.25) is 0 Å². The molecular formula is C14H10Br2FNO2. The number of halogens is 3. The first-order valence-corrected chi connectivity index (χ1v) is 7.26. The molecule has 0 spiro atoms. The lowest BCUT2D eigenvalue weighted by molar-refractivity contribution is 0.0697. The maximum Gasteiger partial charge on any atom is 0.335 e. The van der Waals surface area contributed by atoms with Gasteiger partial charge in [-0.2, -0.15) is 0 Å². The van der Waals surface area contributed by atoms with Gasteiger partial charge in [0.15, 0.2) is 0 Å². The summed E-state index contributed by atoms with van der Waals surface area (Å²) in [6.07, 6.45) is 0. The van der Waals surface area contributed by atoms with Crippen molar-refractivity contribution in [3.63, 3.8) is 0 Å². The van der Waals surface area contributed by atoms with E-state index in [9.17, 15) is 9.18 Å². The lowest BCUT2D eigenvalue weighted by Crippen LogP contribution is -2.03. The fourth-order valence-corrected chi connectivity index (χ4v) is 2.50. The third-order valence-corrected chi connectivity index (χ3v) is 3.93. The minimum absolute atomic E-state index is 0.204. The van der Waals surface area contributed by atoms with Crippen LogP contribution in [0.3, 0.4) is 0 Å². The molecule has 0 saturated heterocycles. The highest BCUT2D eigenvalue weighted by molar-refractivity contribution is 9.10.